The second-order valence-electron chi connectivity index (χ2n) is 3.93. The lowest BCUT2D eigenvalue weighted by atomic mass is 10.0. The molecule has 2 rings (SSSR count). The van der Waals surface area contributed by atoms with Crippen LogP contribution in [0.15, 0.2) is 51.3 Å². The molecule has 104 valence electrons. The van der Waals surface area contributed by atoms with Crippen LogP contribution in [-0.2, 0) is 0 Å². The van der Waals surface area contributed by atoms with Crippen LogP contribution in [0.2, 0.25) is 0 Å². The fourth-order valence-electron chi connectivity index (χ4n) is 1.77. The van der Waals surface area contributed by atoms with Crippen molar-refractivity contribution in [1.29, 1.82) is 0 Å². The molecule has 2 heterocycles. The summed E-state index contributed by atoms with van der Waals surface area (Å²) < 4.78 is 10.1. The molecule has 20 heavy (non-hydrogen) atoms. The van der Waals surface area contributed by atoms with Crippen molar-refractivity contribution in [1.82, 2.24) is 0 Å². The van der Waals surface area contributed by atoms with Gasteiger partial charge in [-0.1, -0.05) is 0 Å². The molecule has 0 radical (unpaired) electrons. The summed E-state index contributed by atoms with van der Waals surface area (Å²) in [7, 11) is 0. The fraction of sp³-hybridized carbons (Fsp3) is 0.167. The summed E-state index contributed by atoms with van der Waals surface area (Å²) in [6.45, 7) is -0.638. The Kier molecular flexibility index (Phi) is 3.94. The van der Waals surface area contributed by atoms with Crippen molar-refractivity contribution in [3.63, 3.8) is 0 Å². The zero-order valence-electron chi connectivity index (χ0n) is 10.2. The van der Waals surface area contributed by atoms with Crippen LogP contribution in [0.5, 0.6) is 0 Å². The molecule has 0 N–H and O–H groups in total. The predicted octanol–water partition coefficient (Wildman–Crippen LogP) is 2.55. The van der Waals surface area contributed by atoms with Crippen LogP contribution in [0.25, 0.3) is 6.08 Å². The highest BCUT2D eigenvalue weighted by atomic mass is 16.6. The van der Waals surface area contributed by atoms with Gasteiger partial charge in [0.05, 0.1) is 23.5 Å². The van der Waals surface area contributed by atoms with Gasteiger partial charge in [-0.15, -0.1) is 0 Å². The van der Waals surface area contributed by atoms with Crippen LogP contribution in [0.3, 0.4) is 0 Å². The highest BCUT2D eigenvalue weighted by Gasteiger charge is 2.34. The Labute approximate surface area is 112 Å². The molecule has 0 aromatic carbocycles. The van der Waals surface area contributed by atoms with E-state index in [0.717, 1.165) is 6.08 Å². The molecular formula is C12H10N2O6. The summed E-state index contributed by atoms with van der Waals surface area (Å²) in [5.74, 6) is -0.673. The van der Waals surface area contributed by atoms with E-state index in [1.807, 2.05) is 0 Å². The highest BCUT2D eigenvalue weighted by molar-refractivity contribution is 5.47. The van der Waals surface area contributed by atoms with Gasteiger partial charge in [-0.25, -0.2) is 0 Å². The van der Waals surface area contributed by atoms with Gasteiger partial charge in [0.25, 0.3) is 5.70 Å². The minimum atomic E-state index is -1.08. The van der Waals surface area contributed by atoms with Crippen LogP contribution in [0, 0.1) is 20.2 Å². The summed E-state index contributed by atoms with van der Waals surface area (Å²) in [5.41, 5.74) is -0.355. The molecule has 0 aliphatic heterocycles. The zero-order valence-corrected chi connectivity index (χ0v) is 10.2. The topological polar surface area (TPSA) is 113 Å². The third-order valence-electron chi connectivity index (χ3n) is 2.62. The SMILES string of the molecule is O=[N+]([O-])CC(/C(=C\c1ccco1)[N+](=O)[O-])c1ccco1. The number of rotatable bonds is 6. The van der Waals surface area contributed by atoms with Crippen molar-refractivity contribution in [2.45, 2.75) is 5.92 Å². The third-order valence-corrected chi connectivity index (χ3v) is 2.62. The van der Waals surface area contributed by atoms with Crippen molar-refractivity contribution < 1.29 is 18.7 Å². The van der Waals surface area contributed by atoms with Gasteiger partial charge in [-0.2, -0.15) is 0 Å². The lowest BCUT2D eigenvalue weighted by Gasteiger charge is -2.07. The minimum Gasteiger partial charge on any atom is -0.468 e. The first kappa shape index (κ1) is 13.5. The Morgan fingerprint density at radius 2 is 1.90 bits per heavy atom. The molecule has 0 amide bonds. The van der Waals surface area contributed by atoms with Crippen molar-refractivity contribution in [2.24, 2.45) is 0 Å². The van der Waals surface area contributed by atoms with E-state index in [0.29, 0.717) is 0 Å². The average molecular weight is 278 g/mol. The smallest absolute Gasteiger partial charge is 0.267 e. The van der Waals surface area contributed by atoms with E-state index in [1.165, 1.54) is 30.7 Å². The molecule has 0 saturated carbocycles. The molecule has 2 aromatic heterocycles. The summed E-state index contributed by atoms with van der Waals surface area (Å²) in [6, 6.07) is 6.08. The first-order valence-corrected chi connectivity index (χ1v) is 5.62. The molecular weight excluding hydrogens is 268 g/mol. The van der Waals surface area contributed by atoms with E-state index in [2.05, 4.69) is 0 Å². The van der Waals surface area contributed by atoms with Crippen molar-refractivity contribution in [2.75, 3.05) is 6.54 Å². The van der Waals surface area contributed by atoms with Crippen LogP contribution < -0.4 is 0 Å². The van der Waals surface area contributed by atoms with E-state index < -0.39 is 22.3 Å². The maximum atomic E-state index is 11.2. The van der Waals surface area contributed by atoms with E-state index in [4.69, 9.17) is 8.83 Å². The Morgan fingerprint density at radius 3 is 2.40 bits per heavy atom. The van der Waals surface area contributed by atoms with Gasteiger partial charge in [-0.05, 0) is 24.3 Å². The molecule has 2 aromatic rings. The Morgan fingerprint density at radius 1 is 1.20 bits per heavy atom. The number of nitro groups is 2. The van der Waals surface area contributed by atoms with Crippen molar-refractivity contribution in [3.8, 4) is 0 Å². The summed E-state index contributed by atoms with van der Waals surface area (Å²) in [5, 5.41) is 21.9. The first-order chi connectivity index (χ1) is 9.58. The second-order valence-corrected chi connectivity index (χ2v) is 3.93. The lowest BCUT2D eigenvalue weighted by molar-refractivity contribution is -0.494. The fourth-order valence-corrected chi connectivity index (χ4v) is 1.77. The molecule has 0 bridgehead atoms. The zero-order chi connectivity index (χ0) is 14.5. The molecule has 1 unspecified atom stereocenters. The first-order valence-electron chi connectivity index (χ1n) is 5.62. The van der Waals surface area contributed by atoms with Gasteiger partial charge in [0, 0.05) is 4.92 Å². The molecule has 0 saturated heterocycles. The van der Waals surface area contributed by atoms with E-state index in [-0.39, 0.29) is 17.2 Å². The third kappa shape index (κ3) is 3.10. The van der Waals surface area contributed by atoms with Crippen LogP contribution in [0.4, 0.5) is 0 Å². The van der Waals surface area contributed by atoms with Gasteiger partial charge >= 0.3 is 0 Å². The average Bonchev–Trinajstić information content (AvgIpc) is 3.05. The van der Waals surface area contributed by atoms with Gasteiger partial charge in [0.15, 0.2) is 5.92 Å². The molecule has 0 aliphatic carbocycles. The largest absolute Gasteiger partial charge is 0.468 e. The lowest BCUT2D eigenvalue weighted by Crippen LogP contribution is -2.18. The molecule has 0 fully saturated rings. The van der Waals surface area contributed by atoms with Gasteiger partial charge in [0.2, 0.25) is 6.54 Å². The quantitative estimate of drug-likeness (QED) is 0.592. The maximum Gasteiger partial charge on any atom is 0.267 e. The normalized spacial score (nSPS) is 13.1. The Balaban J connectivity index is 2.42. The minimum absolute atomic E-state index is 0.163. The van der Waals surface area contributed by atoms with E-state index >= 15 is 0 Å². The predicted molar refractivity (Wildman–Crippen MR) is 67.0 cm³/mol. The van der Waals surface area contributed by atoms with E-state index in [1.54, 1.807) is 6.07 Å². The van der Waals surface area contributed by atoms with Crippen molar-refractivity contribution >= 4 is 6.08 Å². The number of nitrogens with zero attached hydrogens (tertiary/aromatic N) is 2. The van der Waals surface area contributed by atoms with Gasteiger partial charge < -0.3 is 8.83 Å². The Bertz CT molecular complexity index is 614. The molecule has 1 atom stereocenters. The Hall–Kier alpha value is -2.90. The summed E-state index contributed by atoms with van der Waals surface area (Å²) in [4.78, 5) is 20.6. The molecule has 0 aliphatic rings. The van der Waals surface area contributed by atoms with Gasteiger partial charge in [0.1, 0.15) is 11.5 Å². The van der Waals surface area contributed by atoms with E-state index in [9.17, 15) is 20.2 Å². The monoisotopic (exact) mass is 278 g/mol. The highest BCUT2D eigenvalue weighted by Crippen LogP contribution is 2.27. The van der Waals surface area contributed by atoms with Crippen LogP contribution in [-0.4, -0.2) is 16.4 Å². The second kappa shape index (κ2) is 5.83. The molecule has 8 heteroatoms. The van der Waals surface area contributed by atoms with Crippen LogP contribution >= 0.6 is 0 Å². The van der Waals surface area contributed by atoms with Crippen LogP contribution in [0.1, 0.15) is 17.4 Å². The number of hydrogen-bond donors (Lipinski definition) is 0. The van der Waals surface area contributed by atoms with Gasteiger partial charge in [-0.3, -0.25) is 20.2 Å². The number of hydrogen-bond acceptors (Lipinski definition) is 6. The molecule has 8 nitrogen and oxygen atoms in total. The summed E-state index contributed by atoms with van der Waals surface area (Å²) in [6.07, 6.45) is 3.84. The number of furan rings is 2. The summed E-state index contributed by atoms with van der Waals surface area (Å²) >= 11 is 0. The standard InChI is InChI=1S/C12H10N2O6/c15-13(16)8-10(12-4-2-6-20-12)11(14(17)18)7-9-3-1-5-19-9/h1-7,10H,8H2/b11-7+. The maximum absolute atomic E-state index is 11.2. The van der Waals surface area contributed by atoms with Crippen molar-refractivity contribution in [3.05, 3.63) is 74.2 Å². The molecule has 0 spiro atoms.